The second-order valence-electron chi connectivity index (χ2n) is 11.3. The summed E-state index contributed by atoms with van der Waals surface area (Å²) >= 11 is 0. The molecule has 180 valence electrons. The Morgan fingerprint density at radius 1 is 0.706 bits per heavy atom. The van der Waals surface area contributed by atoms with Crippen molar-refractivity contribution in [3.63, 3.8) is 0 Å². The molecule has 3 heteroatoms. The Kier molecular flexibility index (Phi) is 7.55. The number of hydrogen-bond donors (Lipinski definition) is 0. The Balaban J connectivity index is 1.73. The van der Waals surface area contributed by atoms with E-state index in [1.807, 2.05) is 18.2 Å². The van der Waals surface area contributed by atoms with E-state index in [9.17, 15) is 4.79 Å². The van der Waals surface area contributed by atoms with Crippen LogP contribution < -0.4 is 4.74 Å². The van der Waals surface area contributed by atoms with Crippen molar-refractivity contribution in [2.45, 2.75) is 79.4 Å². The summed E-state index contributed by atoms with van der Waals surface area (Å²) in [5, 5.41) is 0. The molecule has 3 aromatic rings. The van der Waals surface area contributed by atoms with E-state index in [2.05, 4.69) is 91.8 Å². The van der Waals surface area contributed by atoms with Crippen LogP contribution in [0.1, 0.15) is 85.3 Å². The van der Waals surface area contributed by atoms with Crippen LogP contribution in [0.25, 0.3) is 0 Å². The van der Waals surface area contributed by atoms with E-state index in [4.69, 9.17) is 9.47 Å². The van der Waals surface area contributed by atoms with Crippen molar-refractivity contribution in [2.24, 2.45) is 0 Å². The lowest BCUT2D eigenvalue weighted by atomic mass is 9.85. The van der Waals surface area contributed by atoms with Gasteiger partial charge in [-0.3, -0.25) is 0 Å². The number of ether oxygens (including phenoxy) is 2. The predicted molar refractivity (Wildman–Crippen MR) is 140 cm³/mol. The summed E-state index contributed by atoms with van der Waals surface area (Å²) in [4.78, 5) is 13.0. The highest BCUT2D eigenvalue weighted by molar-refractivity contribution is 5.92. The summed E-state index contributed by atoms with van der Waals surface area (Å²) in [6.07, 6.45) is 0. The maximum Gasteiger partial charge on any atom is 0.342 e. The molecule has 0 amide bonds. The SMILES string of the molecule is Cc1cc(COC(=O)c2ccccc2OCc2cc(C)cc(C(C)(C)C)c2)cc(C(C)(C)C)c1. The van der Waals surface area contributed by atoms with Gasteiger partial charge >= 0.3 is 5.97 Å². The Morgan fingerprint density at radius 2 is 1.21 bits per heavy atom. The largest absolute Gasteiger partial charge is 0.488 e. The van der Waals surface area contributed by atoms with Crippen LogP contribution in [0.15, 0.2) is 60.7 Å². The second kappa shape index (κ2) is 10.0. The zero-order valence-corrected chi connectivity index (χ0v) is 21.9. The number of carbonyl (C=O) groups is 1. The number of esters is 1. The molecule has 0 fully saturated rings. The van der Waals surface area contributed by atoms with Crippen LogP contribution in [0.4, 0.5) is 0 Å². The highest BCUT2D eigenvalue weighted by Crippen LogP contribution is 2.27. The number of rotatable bonds is 6. The fourth-order valence-corrected chi connectivity index (χ4v) is 3.91. The first-order valence-corrected chi connectivity index (χ1v) is 11.9. The summed E-state index contributed by atoms with van der Waals surface area (Å²) in [5.74, 6) is 0.153. The van der Waals surface area contributed by atoms with Crippen molar-refractivity contribution in [3.05, 3.63) is 99.6 Å². The van der Waals surface area contributed by atoms with E-state index < -0.39 is 0 Å². The van der Waals surface area contributed by atoms with Gasteiger partial charge in [0, 0.05) is 0 Å². The topological polar surface area (TPSA) is 35.5 Å². The lowest BCUT2D eigenvalue weighted by molar-refractivity contribution is 0.0467. The predicted octanol–water partition coefficient (Wildman–Crippen LogP) is 7.83. The number of aryl methyl sites for hydroxylation is 2. The van der Waals surface area contributed by atoms with E-state index in [1.54, 1.807) is 6.07 Å². The molecule has 0 aliphatic carbocycles. The maximum atomic E-state index is 13.0. The normalized spacial score (nSPS) is 11.9. The molecule has 0 aliphatic heterocycles. The molecule has 0 N–H and O–H groups in total. The Bertz CT molecular complexity index is 1160. The van der Waals surface area contributed by atoms with Gasteiger partial charge in [-0.15, -0.1) is 0 Å². The average molecular weight is 459 g/mol. The third-order valence-electron chi connectivity index (χ3n) is 5.88. The number of hydrogen-bond acceptors (Lipinski definition) is 3. The fourth-order valence-electron chi connectivity index (χ4n) is 3.91. The lowest BCUT2D eigenvalue weighted by Crippen LogP contribution is -2.13. The average Bonchev–Trinajstić information content (AvgIpc) is 2.74. The van der Waals surface area contributed by atoms with E-state index in [0.717, 1.165) is 16.7 Å². The quantitative estimate of drug-likeness (QED) is 0.353. The molecule has 0 aliphatic rings. The zero-order valence-electron chi connectivity index (χ0n) is 21.9. The van der Waals surface area contributed by atoms with Crippen molar-refractivity contribution in [1.82, 2.24) is 0 Å². The molecular weight excluding hydrogens is 420 g/mol. The van der Waals surface area contributed by atoms with E-state index in [-0.39, 0.29) is 23.4 Å². The molecule has 0 spiro atoms. The smallest absolute Gasteiger partial charge is 0.342 e. The van der Waals surface area contributed by atoms with Crippen molar-refractivity contribution in [3.8, 4) is 5.75 Å². The van der Waals surface area contributed by atoms with Crippen molar-refractivity contribution in [1.29, 1.82) is 0 Å². The van der Waals surface area contributed by atoms with Crippen molar-refractivity contribution >= 4 is 5.97 Å². The zero-order chi connectivity index (χ0) is 25.1. The molecule has 0 unspecified atom stereocenters. The summed E-state index contributed by atoms with van der Waals surface area (Å²) in [7, 11) is 0. The minimum absolute atomic E-state index is 0.0356. The number of para-hydroxylation sites is 1. The molecule has 34 heavy (non-hydrogen) atoms. The summed E-state index contributed by atoms with van der Waals surface area (Å²) in [5.41, 5.74) is 7.48. The van der Waals surface area contributed by atoms with Gasteiger partial charge in [0.2, 0.25) is 0 Å². The molecule has 0 atom stereocenters. The van der Waals surface area contributed by atoms with Gasteiger partial charge in [0.05, 0.1) is 0 Å². The summed E-state index contributed by atoms with van der Waals surface area (Å²) in [6, 6.07) is 20.2. The Morgan fingerprint density at radius 3 is 1.74 bits per heavy atom. The third kappa shape index (κ3) is 6.72. The van der Waals surface area contributed by atoms with E-state index >= 15 is 0 Å². The standard InChI is InChI=1S/C31H38O3/c1-21-13-23(17-25(15-21)30(3,4)5)19-33-28-12-10-9-11-27(28)29(32)34-20-24-14-22(2)16-26(18-24)31(6,7)8/h9-18H,19-20H2,1-8H3. The van der Waals surface area contributed by atoms with Gasteiger partial charge in [0.25, 0.3) is 0 Å². The first-order valence-electron chi connectivity index (χ1n) is 11.9. The fraction of sp³-hybridized carbons (Fsp3) is 0.387. The summed E-state index contributed by atoms with van der Waals surface area (Å²) in [6.45, 7) is 18.0. The Labute approximate surface area is 205 Å². The Hall–Kier alpha value is -3.07. The van der Waals surface area contributed by atoms with Crippen LogP contribution in [0.5, 0.6) is 5.75 Å². The van der Waals surface area contributed by atoms with Gasteiger partial charge in [-0.05, 0) is 59.1 Å². The lowest BCUT2D eigenvalue weighted by Gasteiger charge is -2.21. The second-order valence-corrected chi connectivity index (χ2v) is 11.3. The van der Waals surface area contributed by atoms with Crippen LogP contribution in [0.2, 0.25) is 0 Å². The van der Waals surface area contributed by atoms with Crippen molar-refractivity contribution in [2.75, 3.05) is 0 Å². The molecule has 0 bridgehead atoms. The molecule has 3 nitrogen and oxygen atoms in total. The van der Waals surface area contributed by atoms with Gasteiger partial charge in [-0.2, -0.15) is 0 Å². The molecule has 0 heterocycles. The number of carbonyl (C=O) groups excluding carboxylic acids is 1. The van der Waals surface area contributed by atoms with Crippen LogP contribution in [0.3, 0.4) is 0 Å². The summed E-state index contributed by atoms with van der Waals surface area (Å²) < 4.78 is 11.8. The van der Waals surface area contributed by atoms with Gasteiger partial charge in [0.15, 0.2) is 0 Å². The molecular formula is C31H38O3. The molecule has 3 aromatic carbocycles. The van der Waals surface area contributed by atoms with Gasteiger partial charge < -0.3 is 9.47 Å². The minimum Gasteiger partial charge on any atom is -0.488 e. The van der Waals surface area contributed by atoms with Crippen molar-refractivity contribution < 1.29 is 14.3 Å². The van der Waals surface area contributed by atoms with E-state index in [1.165, 1.54) is 16.7 Å². The minimum atomic E-state index is -0.381. The monoisotopic (exact) mass is 458 g/mol. The van der Waals surface area contributed by atoms with Gasteiger partial charge in [0.1, 0.15) is 24.5 Å². The van der Waals surface area contributed by atoms with Crippen LogP contribution in [-0.4, -0.2) is 5.97 Å². The third-order valence-corrected chi connectivity index (χ3v) is 5.88. The van der Waals surface area contributed by atoms with E-state index in [0.29, 0.717) is 17.9 Å². The van der Waals surface area contributed by atoms with Crippen LogP contribution in [0, 0.1) is 13.8 Å². The van der Waals surface area contributed by atoms with Gasteiger partial charge in [-0.1, -0.05) is 101 Å². The highest BCUT2D eigenvalue weighted by Gasteiger charge is 2.18. The molecule has 0 radical (unpaired) electrons. The highest BCUT2D eigenvalue weighted by atomic mass is 16.5. The number of benzene rings is 3. The van der Waals surface area contributed by atoms with Gasteiger partial charge in [-0.25, -0.2) is 4.79 Å². The molecule has 3 rings (SSSR count). The first-order chi connectivity index (χ1) is 15.8. The molecule has 0 saturated carbocycles. The first kappa shape index (κ1) is 25.6. The van der Waals surface area contributed by atoms with Crippen LogP contribution >= 0.6 is 0 Å². The molecule has 0 aromatic heterocycles. The van der Waals surface area contributed by atoms with Crippen LogP contribution in [-0.2, 0) is 28.8 Å². The maximum absolute atomic E-state index is 13.0. The molecule has 0 saturated heterocycles.